The zero-order chi connectivity index (χ0) is 12.0. The van der Waals surface area contributed by atoms with E-state index >= 15 is 0 Å². The molecule has 3 unspecified atom stereocenters. The van der Waals surface area contributed by atoms with Crippen LogP contribution in [0, 0.1) is 17.2 Å². The third-order valence-corrected chi connectivity index (χ3v) is 4.76. The number of aliphatic hydroxyl groups is 1. The molecule has 92 valence electrons. The van der Waals surface area contributed by atoms with Gasteiger partial charge in [-0.3, -0.25) is 0 Å². The van der Waals surface area contributed by atoms with Crippen molar-refractivity contribution in [3.8, 4) is 6.07 Å². The van der Waals surface area contributed by atoms with Crippen molar-refractivity contribution in [1.29, 1.82) is 5.26 Å². The Hall–Kier alpha value is -0.240. The predicted octanol–water partition coefficient (Wildman–Crippen LogP) is 1.90. The number of nitrogens with two attached hydrogens (primary N) is 1. The van der Waals surface area contributed by atoms with Crippen molar-refractivity contribution >= 4 is 11.8 Å². The van der Waals surface area contributed by atoms with Crippen molar-refractivity contribution in [3.05, 3.63) is 0 Å². The maximum absolute atomic E-state index is 9.07. The van der Waals surface area contributed by atoms with Gasteiger partial charge in [0.2, 0.25) is 0 Å². The molecule has 0 heterocycles. The van der Waals surface area contributed by atoms with E-state index in [1.54, 1.807) is 0 Å². The van der Waals surface area contributed by atoms with Gasteiger partial charge in [0, 0.05) is 11.9 Å². The lowest BCUT2D eigenvalue weighted by Crippen LogP contribution is -2.41. The van der Waals surface area contributed by atoms with Gasteiger partial charge in [-0.1, -0.05) is 13.3 Å². The fourth-order valence-corrected chi connectivity index (χ4v) is 3.42. The van der Waals surface area contributed by atoms with Gasteiger partial charge in [0.15, 0.2) is 0 Å². The van der Waals surface area contributed by atoms with Crippen LogP contribution in [0.15, 0.2) is 0 Å². The maximum Gasteiger partial charge on any atom is 0.107 e. The lowest BCUT2D eigenvalue weighted by molar-refractivity contribution is 0.289. The highest BCUT2D eigenvalue weighted by Crippen LogP contribution is 2.36. The third kappa shape index (κ3) is 3.65. The Balaban J connectivity index is 2.25. The molecule has 0 spiro atoms. The van der Waals surface area contributed by atoms with E-state index in [4.69, 9.17) is 16.1 Å². The fraction of sp³-hybridized carbons (Fsp3) is 0.917. The molecular formula is C12H22N2OS. The Morgan fingerprint density at radius 3 is 3.06 bits per heavy atom. The summed E-state index contributed by atoms with van der Waals surface area (Å²) in [6.07, 6.45) is 4.92. The summed E-state index contributed by atoms with van der Waals surface area (Å²) in [6, 6.07) is 2.28. The van der Waals surface area contributed by atoms with Gasteiger partial charge in [-0.05, 0) is 37.4 Å². The Morgan fingerprint density at radius 1 is 1.69 bits per heavy atom. The Labute approximate surface area is 102 Å². The summed E-state index contributed by atoms with van der Waals surface area (Å²) in [7, 11) is 0. The van der Waals surface area contributed by atoms with Crippen molar-refractivity contribution in [2.75, 3.05) is 12.4 Å². The molecular weight excluding hydrogens is 220 g/mol. The second-order valence-corrected chi connectivity index (χ2v) is 6.27. The van der Waals surface area contributed by atoms with Crippen LogP contribution in [-0.4, -0.2) is 28.3 Å². The van der Waals surface area contributed by atoms with Gasteiger partial charge in [-0.2, -0.15) is 17.0 Å². The lowest BCUT2D eigenvalue weighted by Gasteiger charge is -2.24. The SMILES string of the molecule is CC(CCO)SCCC1CCCC1(N)C#N. The van der Waals surface area contributed by atoms with Crippen molar-refractivity contribution in [3.63, 3.8) is 0 Å². The number of nitrogens with zero attached hydrogens (tertiary/aromatic N) is 1. The summed E-state index contributed by atoms with van der Waals surface area (Å²) in [4.78, 5) is 0. The van der Waals surface area contributed by atoms with Crippen molar-refractivity contribution in [2.45, 2.75) is 49.8 Å². The first-order chi connectivity index (χ1) is 7.62. The Morgan fingerprint density at radius 2 is 2.44 bits per heavy atom. The number of hydrogen-bond donors (Lipinski definition) is 2. The van der Waals surface area contributed by atoms with Gasteiger partial charge in [0.1, 0.15) is 5.54 Å². The van der Waals surface area contributed by atoms with E-state index in [1.165, 1.54) is 0 Å². The van der Waals surface area contributed by atoms with E-state index in [1.807, 2.05) is 11.8 Å². The minimum atomic E-state index is -0.569. The van der Waals surface area contributed by atoms with E-state index in [9.17, 15) is 0 Å². The van der Waals surface area contributed by atoms with Gasteiger partial charge < -0.3 is 10.8 Å². The summed E-state index contributed by atoms with van der Waals surface area (Å²) in [5, 5.41) is 18.4. The highest BCUT2D eigenvalue weighted by molar-refractivity contribution is 7.99. The van der Waals surface area contributed by atoms with Crippen LogP contribution in [0.5, 0.6) is 0 Å². The quantitative estimate of drug-likeness (QED) is 0.746. The number of hydrogen-bond acceptors (Lipinski definition) is 4. The summed E-state index contributed by atoms with van der Waals surface area (Å²) in [6.45, 7) is 2.39. The molecule has 0 radical (unpaired) electrons. The third-order valence-electron chi connectivity index (χ3n) is 3.48. The smallest absolute Gasteiger partial charge is 0.107 e. The van der Waals surface area contributed by atoms with Gasteiger partial charge >= 0.3 is 0 Å². The van der Waals surface area contributed by atoms with Crippen molar-refractivity contribution in [2.24, 2.45) is 11.7 Å². The van der Waals surface area contributed by atoms with Crippen LogP contribution < -0.4 is 5.73 Å². The molecule has 0 amide bonds. The van der Waals surface area contributed by atoms with Crippen LogP contribution in [0.25, 0.3) is 0 Å². The van der Waals surface area contributed by atoms with Crippen LogP contribution in [0.4, 0.5) is 0 Å². The van der Waals surface area contributed by atoms with Gasteiger partial charge in [0.05, 0.1) is 6.07 Å². The number of thioether (sulfide) groups is 1. The summed E-state index contributed by atoms with van der Waals surface area (Å²) in [5.74, 6) is 1.42. The van der Waals surface area contributed by atoms with E-state index in [0.29, 0.717) is 11.2 Å². The molecule has 3 atom stereocenters. The van der Waals surface area contributed by atoms with Gasteiger partial charge in [-0.15, -0.1) is 0 Å². The minimum Gasteiger partial charge on any atom is -0.396 e. The molecule has 1 fully saturated rings. The standard InChI is InChI=1S/C12H22N2OS/c1-10(4-7-15)16-8-5-11-3-2-6-12(11,14)9-13/h10-11,15H,2-8,14H2,1H3. The predicted molar refractivity (Wildman–Crippen MR) is 68.1 cm³/mol. The minimum absolute atomic E-state index is 0.261. The number of rotatable bonds is 6. The monoisotopic (exact) mass is 242 g/mol. The topological polar surface area (TPSA) is 70.0 Å². The Bertz CT molecular complexity index is 254. The normalized spacial score (nSPS) is 31.2. The van der Waals surface area contributed by atoms with E-state index < -0.39 is 5.54 Å². The molecule has 0 aromatic heterocycles. The van der Waals surface area contributed by atoms with Crippen LogP contribution in [0.3, 0.4) is 0 Å². The van der Waals surface area contributed by atoms with Gasteiger partial charge in [-0.25, -0.2) is 0 Å². The van der Waals surface area contributed by atoms with Crippen molar-refractivity contribution in [1.82, 2.24) is 0 Å². The molecule has 0 bridgehead atoms. The average molecular weight is 242 g/mol. The highest BCUT2D eigenvalue weighted by Gasteiger charge is 2.39. The zero-order valence-electron chi connectivity index (χ0n) is 9.98. The summed E-state index contributed by atoms with van der Waals surface area (Å²) in [5.41, 5.74) is 5.50. The fourth-order valence-electron chi connectivity index (χ4n) is 2.33. The molecule has 1 aliphatic carbocycles. The van der Waals surface area contributed by atoms with Crippen LogP contribution in [-0.2, 0) is 0 Å². The van der Waals surface area contributed by atoms with Crippen LogP contribution in [0.2, 0.25) is 0 Å². The highest BCUT2D eigenvalue weighted by atomic mass is 32.2. The Kier molecular flexibility index (Phi) is 5.60. The largest absolute Gasteiger partial charge is 0.396 e. The molecule has 3 nitrogen and oxygen atoms in total. The number of aliphatic hydroxyl groups excluding tert-OH is 1. The molecule has 16 heavy (non-hydrogen) atoms. The molecule has 1 rings (SSSR count). The second kappa shape index (κ2) is 6.48. The first kappa shape index (κ1) is 13.8. The molecule has 1 saturated carbocycles. The molecule has 1 aliphatic rings. The van der Waals surface area contributed by atoms with Gasteiger partial charge in [0.25, 0.3) is 0 Å². The average Bonchev–Trinajstić information content (AvgIpc) is 2.62. The van der Waals surface area contributed by atoms with E-state index in [2.05, 4.69) is 13.0 Å². The molecule has 0 aromatic rings. The number of nitriles is 1. The first-order valence-corrected chi connectivity index (χ1v) is 7.10. The zero-order valence-corrected chi connectivity index (χ0v) is 10.8. The summed E-state index contributed by atoms with van der Waals surface area (Å²) >= 11 is 1.87. The molecule has 0 saturated heterocycles. The summed E-state index contributed by atoms with van der Waals surface area (Å²) < 4.78 is 0. The van der Waals surface area contributed by atoms with Crippen LogP contribution >= 0.6 is 11.8 Å². The molecule has 3 N–H and O–H groups in total. The molecule has 0 aromatic carbocycles. The van der Waals surface area contributed by atoms with E-state index in [-0.39, 0.29) is 6.61 Å². The molecule has 4 heteroatoms. The first-order valence-electron chi connectivity index (χ1n) is 6.05. The van der Waals surface area contributed by atoms with Crippen LogP contribution in [0.1, 0.15) is 39.0 Å². The lowest BCUT2D eigenvalue weighted by atomic mass is 9.88. The van der Waals surface area contributed by atoms with E-state index in [0.717, 1.165) is 37.9 Å². The maximum atomic E-state index is 9.07. The molecule has 0 aliphatic heterocycles. The van der Waals surface area contributed by atoms with Crippen molar-refractivity contribution < 1.29 is 5.11 Å². The second-order valence-electron chi connectivity index (χ2n) is 4.72.